The van der Waals surface area contributed by atoms with Gasteiger partial charge in [-0.15, -0.1) is 0 Å². The first-order valence-electron chi connectivity index (χ1n) is 8.66. The predicted octanol–water partition coefficient (Wildman–Crippen LogP) is 4.09. The van der Waals surface area contributed by atoms with E-state index in [9.17, 15) is 9.59 Å². The number of benzene rings is 2. The molecule has 0 aromatic heterocycles. The molecule has 2 atom stereocenters. The summed E-state index contributed by atoms with van der Waals surface area (Å²) in [4.78, 5) is 26.6. The molecular formula is C21H23NO4. The molecule has 2 amide bonds. The Morgan fingerprint density at radius 2 is 1.69 bits per heavy atom. The van der Waals surface area contributed by atoms with Gasteiger partial charge in [-0.3, -0.25) is 4.79 Å². The van der Waals surface area contributed by atoms with Crippen molar-refractivity contribution in [3.63, 3.8) is 0 Å². The van der Waals surface area contributed by atoms with Crippen molar-refractivity contribution >= 4 is 12.0 Å². The van der Waals surface area contributed by atoms with Crippen LogP contribution in [0.2, 0.25) is 0 Å². The summed E-state index contributed by atoms with van der Waals surface area (Å²) < 4.78 is 11.2. The molecule has 1 aliphatic rings. The van der Waals surface area contributed by atoms with Gasteiger partial charge in [0.05, 0.1) is 6.61 Å². The van der Waals surface area contributed by atoms with Gasteiger partial charge in [0, 0.05) is 0 Å². The second-order valence-corrected chi connectivity index (χ2v) is 6.93. The molecule has 0 aliphatic carbocycles. The fourth-order valence-corrected chi connectivity index (χ4v) is 3.21. The van der Waals surface area contributed by atoms with E-state index in [2.05, 4.69) is 0 Å². The second-order valence-electron chi connectivity index (χ2n) is 6.93. The zero-order chi connectivity index (χ0) is 18.7. The van der Waals surface area contributed by atoms with Crippen molar-refractivity contribution in [1.29, 1.82) is 0 Å². The van der Waals surface area contributed by atoms with Gasteiger partial charge in [-0.1, -0.05) is 60.7 Å². The fraction of sp³-hybridized carbons (Fsp3) is 0.333. The number of imide groups is 1. The van der Waals surface area contributed by atoms with E-state index in [0.717, 1.165) is 11.1 Å². The number of rotatable bonds is 5. The van der Waals surface area contributed by atoms with Gasteiger partial charge in [0.15, 0.2) is 0 Å². The maximum absolute atomic E-state index is 12.9. The van der Waals surface area contributed by atoms with Crippen molar-refractivity contribution in [3.8, 4) is 0 Å². The molecule has 0 saturated carbocycles. The molecule has 1 heterocycles. The molecule has 1 saturated heterocycles. The van der Waals surface area contributed by atoms with Crippen LogP contribution >= 0.6 is 0 Å². The van der Waals surface area contributed by atoms with Crippen molar-refractivity contribution in [3.05, 3.63) is 71.8 Å². The molecule has 1 fully saturated rings. The minimum Gasteiger partial charge on any atom is -0.440 e. The van der Waals surface area contributed by atoms with Crippen LogP contribution in [0.1, 0.15) is 37.9 Å². The Bertz CT molecular complexity index is 773. The lowest BCUT2D eigenvalue weighted by molar-refractivity contribution is -0.141. The van der Waals surface area contributed by atoms with Crippen molar-refractivity contribution < 1.29 is 19.1 Å². The van der Waals surface area contributed by atoms with E-state index in [0.29, 0.717) is 6.61 Å². The van der Waals surface area contributed by atoms with Crippen molar-refractivity contribution in [1.82, 2.24) is 4.90 Å². The molecule has 0 bridgehead atoms. The minimum atomic E-state index is -0.812. The lowest BCUT2D eigenvalue weighted by Crippen LogP contribution is -2.43. The lowest BCUT2D eigenvalue weighted by atomic mass is 9.91. The number of amides is 2. The first kappa shape index (κ1) is 18.1. The Hall–Kier alpha value is -2.66. The summed E-state index contributed by atoms with van der Waals surface area (Å²) in [5.74, 6) is -0.398. The van der Waals surface area contributed by atoms with Crippen molar-refractivity contribution in [2.24, 2.45) is 0 Å². The van der Waals surface area contributed by atoms with Gasteiger partial charge in [-0.2, -0.15) is 0 Å². The number of nitrogens with zero attached hydrogens (tertiary/aromatic N) is 1. The number of hydrogen-bond donors (Lipinski definition) is 0. The summed E-state index contributed by atoms with van der Waals surface area (Å²) >= 11 is 0. The van der Waals surface area contributed by atoms with Gasteiger partial charge in [-0.05, 0) is 31.9 Å². The molecule has 1 unspecified atom stereocenters. The summed E-state index contributed by atoms with van der Waals surface area (Å²) in [7, 11) is 0. The minimum absolute atomic E-state index is 0.302. The van der Waals surface area contributed by atoms with Gasteiger partial charge in [0.2, 0.25) is 0 Å². The van der Waals surface area contributed by atoms with Crippen LogP contribution in [0.15, 0.2) is 60.7 Å². The van der Waals surface area contributed by atoms with Crippen LogP contribution in [0, 0.1) is 0 Å². The van der Waals surface area contributed by atoms with Gasteiger partial charge < -0.3 is 9.47 Å². The predicted molar refractivity (Wildman–Crippen MR) is 97.3 cm³/mol. The maximum atomic E-state index is 12.9. The standard InChI is InChI=1S/C21H23NO4/c1-15(25-14-16-10-6-4-7-11-16)19(23)22-18(17-12-8-5-9-13-17)21(2,3)26-20(22)24/h4-13,15,18H,14H2,1-3H3/t15?,18-/m1/s1. The van der Waals surface area contributed by atoms with E-state index in [4.69, 9.17) is 9.47 Å². The molecule has 3 rings (SSSR count). The number of ether oxygens (including phenoxy) is 2. The van der Waals surface area contributed by atoms with Gasteiger partial charge in [0.1, 0.15) is 17.7 Å². The normalized spacial score (nSPS) is 19.9. The molecule has 136 valence electrons. The molecule has 0 spiro atoms. The molecule has 2 aromatic carbocycles. The van der Waals surface area contributed by atoms with Crippen LogP contribution in [0.25, 0.3) is 0 Å². The van der Waals surface area contributed by atoms with Crippen LogP contribution in [0.5, 0.6) is 0 Å². The third kappa shape index (κ3) is 3.63. The lowest BCUT2D eigenvalue weighted by Gasteiger charge is -2.29. The van der Waals surface area contributed by atoms with E-state index < -0.39 is 29.7 Å². The Morgan fingerprint density at radius 3 is 2.31 bits per heavy atom. The number of carbonyl (C=O) groups excluding carboxylic acids is 2. The number of cyclic esters (lactones) is 1. The highest BCUT2D eigenvalue weighted by Gasteiger charge is 2.52. The Morgan fingerprint density at radius 1 is 1.12 bits per heavy atom. The quantitative estimate of drug-likeness (QED) is 0.812. The Balaban J connectivity index is 1.78. The van der Waals surface area contributed by atoms with Crippen LogP contribution in [0.4, 0.5) is 4.79 Å². The summed E-state index contributed by atoms with van der Waals surface area (Å²) in [6.45, 7) is 5.58. The van der Waals surface area contributed by atoms with Crippen LogP contribution < -0.4 is 0 Å². The van der Waals surface area contributed by atoms with E-state index >= 15 is 0 Å². The van der Waals surface area contributed by atoms with Crippen LogP contribution in [-0.2, 0) is 20.9 Å². The monoisotopic (exact) mass is 353 g/mol. The highest BCUT2D eigenvalue weighted by atomic mass is 16.6. The zero-order valence-electron chi connectivity index (χ0n) is 15.2. The molecule has 0 radical (unpaired) electrons. The van der Waals surface area contributed by atoms with Crippen LogP contribution in [-0.4, -0.2) is 28.6 Å². The van der Waals surface area contributed by atoms with Crippen molar-refractivity contribution in [2.75, 3.05) is 0 Å². The average Bonchev–Trinajstić information content (AvgIpc) is 2.89. The molecule has 2 aromatic rings. The third-order valence-corrected chi connectivity index (χ3v) is 4.51. The fourth-order valence-electron chi connectivity index (χ4n) is 3.21. The molecule has 0 N–H and O–H groups in total. The van der Waals surface area contributed by atoms with E-state index in [1.807, 2.05) is 74.5 Å². The SMILES string of the molecule is CC(OCc1ccccc1)C(=O)N1C(=O)OC(C)(C)[C@H]1c1ccccc1. The van der Waals surface area contributed by atoms with E-state index in [-0.39, 0.29) is 0 Å². The molecular weight excluding hydrogens is 330 g/mol. The zero-order valence-corrected chi connectivity index (χ0v) is 15.2. The van der Waals surface area contributed by atoms with E-state index in [1.165, 1.54) is 4.90 Å². The summed E-state index contributed by atoms with van der Waals surface area (Å²) in [6.07, 6.45) is -1.40. The largest absolute Gasteiger partial charge is 0.440 e. The molecule has 1 aliphatic heterocycles. The van der Waals surface area contributed by atoms with Gasteiger partial charge in [-0.25, -0.2) is 9.69 Å². The summed E-state index contributed by atoms with van der Waals surface area (Å²) in [6, 6.07) is 18.6. The number of carbonyl (C=O) groups is 2. The first-order chi connectivity index (χ1) is 12.4. The van der Waals surface area contributed by atoms with E-state index in [1.54, 1.807) is 6.92 Å². The second kappa shape index (κ2) is 7.30. The summed E-state index contributed by atoms with van der Waals surface area (Å²) in [5, 5.41) is 0. The number of hydrogen-bond acceptors (Lipinski definition) is 4. The van der Waals surface area contributed by atoms with Gasteiger partial charge >= 0.3 is 6.09 Å². The topological polar surface area (TPSA) is 55.8 Å². The first-order valence-corrected chi connectivity index (χ1v) is 8.66. The Kier molecular flexibility index (Phi) is 5.09. The third-order valence-electron chi connectivity index (χ3n) is 4.51. The van der Waals surface area contributed by atoms with Gasteiger partial charge in [0.25, 0.3) is 5.91 Å². The highest BCUT2D eigenvalue weighted by Crippen LogP contribution is 2.41. The smallest absolute Gasteiger partial charge is 0.417 e. The van der Waals surface area contributed by atoms with Crippen molar-refractivity contribution in [2.45, 2.75) is 45.1 Å². The van der Waals surface area contributed by atoms with Crippen LogP contribution in [0.3, 0.4) is 0 Å². The molecule has 5 heteroatoms. The summed E-state index contributed by atoms with van der Waals surface area (Å²) in [5.41, 5.74) is 1.01. The average molecular weight is 353 g/mol. The Labute approximate surface area is 153 Å². The molecule has 5 nitrogen and oxygen atoms in total. The highest BCUT2D eigenvalue weighted by molar-refractivity contribution is 5.96. The molecule has 26 heavy (non-hydrogen) atoms. The maximum Gasteiger partial charge on any atom is 0.417 e.